The zero-order chi connectivity index (χ0) is 19.3. The van der Waals surface area contributed by atoms with Crippen molar-refractivity contribution in [3.63, 3.8) is 0 Å². The molecule has 1 aliphatic rings. The SMILES string of the molecule is Cc1ccc(-n2c(NN)nc3sc4c(c3c2=O)CC[C@@H](C(C)(C)C)C4)cc1. The third-order valence-corrected chi connectivity index (χ3v) is 6.88. The number of fused-ring (bicyclic) bond motifs is 3. The van der Waals surface area contributed by atoms with E-state index in [1.54, 1.807) is 15.9 Å². The quantitative estimate of drug-likeness (QED) is 0.515. The van der Waals surface area contributed by atoms with E-state index >= 15 is 0 Å². The number of rotatable bonds is 2. The van der Waals surface area contributed by atoms with Crippen molar-refractivity contribution in [3.8, 4) is 5.69 Å². The van der Waals surface area contributed by atoms with E-state index in [9.17, 15) is 4.79 Å². The highest BCUT2D eigenvalue weighted by Gasteiger charge is 2.32. The van der Waals surface area contributed by atoms with Crippen LogP contribution in [-0.2, 0) is 12.8 Å². The molecule has 3 aromatic rings. The van der Waals surface area contributed by atoms with Crippen molar-refractivity contribution in [1.29, 1.82) is 0 Å². The van der Waals surface area contributed by atoms with Crippen LogP contribution < -0.4 is 16.8 Å². The summed E-state index contributed by atoms with van der Waals surface area (Å²) < 4.78 is 1.59. The molecule has 1 atom stereocenters. The Morgan fingerprint density at radius 2 is 1.96 bits per heavy atom. The van der Waals surface area contributed by atoms with Gasteiger partial charge in [-0.2, -0.15) is 0 Å². The van der Waals surface area contributed by atoms with E-state index in [4.69, 9.17) is 10.8 Å². The minimum Gasteiger partial charge on any atom is -0.293 e. The lowest BCUT2D eigenvalue weighted by Crippen LogP contribution is -2.28. The van der Waals surface area contributed by atoms with Crippen LogP contribution in [0, 0.1) is 18.3 Å². The number of hydrogen-bond donors (Lipinski definition) is 2. The largest absolute Gasteiger partial charge is 0.293 e. The van der Waals surface area contributed by atoms with Crippen molar-refractivity contribution in [1.82, 2.24) is 9.55 Å². The lowest BCUT2D eigenvalue weighted by molar-refractivity contribution is 0.218. The molecule has 1 aliphatic carbocycles. The first-order chi connectivity index (χ1) is 12.8. The van der Waals surface area contributed by atoms with Crippen molar-refractivity contribution in [2.75, 3.05) is 5.43 Å². The van der Waals surface area contributed by atoms with Crippen molar-refractivity contribution in [2.24, 2.45) is 17.2 Å². The first-order valence-corrected chi connectivity index (χ1v) is 10.2. The van der Waals surface area contributed by atoms with Crippen LogP contribution in [0.3, 0.4) is 0 Å². The molecule has 5 nitrogen and oxygen atoms in total. The number of hydrazine groups is 1. The van der Waals surface area contributed by atoms with Gasteiger partial charge >= 0.3 is 0 Å². The Morgan fingerprint density at radius 1 is 1.26 bits per heavy atom. The molecule has 0 amide bonds. The highest BCUT2D eigenvalue weighted by atomic mass is 32.1. The second-order valence-electron chi connectivity index (χ2n) is 8.55. The maximum atomic E-state index is 13.4. The molecule has 1 aromatic carbocycles. The van der Waals surface area contributed by atoms with Gasteiger partial charge in [-0.3, -0.25) is 10.2 Å². The number of nitrogen functional groups attached to an aromatic ring is 1. The molecule has 27 heavy (non-hydrogen) atoms. The van der Waals surface area contributed by atoms with Crippen LogP contribution in [0.25, 0.3) is 15.9 Å². The van der Waals surface area contributed by atoms with Crippen LogP contribution >= 0.6 is 11.3 Å². The summed E-state index contributed by atoms with van der Waals surface area (Å²) >= 11 is 1.65. The molecule has 3 N–H and O–H groups in total. The van der Waals surface area contributed by atoms with Crippen LogP contribution in [0.4, 0.5) is 5.95 Å². The maximum absolute atomic E-state index is 13.4. The van der Waals surface area contributed by atoms with Gasteiger partial charge in [-0.1, -0.05) is 38.5 Å². The maximum Gasteiger partial charge on any atom is 0.268 e. The first kappa shape index (κ1) is 18.2. The number of nitrogens with zero attached hydrogens (tertiary/aromatic N) is 2. The Bertz CT molecular complexity index is 1060. The summed E-state index contributed by atoms with van der Waals surface area (Å²) in [6.45, 7) is 8.93. The van der Waals surface area contributed by atoms with Crippen LogP contribution in [-0.4, -0.2) is 9.55 Å². The molecule has 142 valence electrons. The molecule has 0 unspecified atom stereocenters. The van der Waals surface area contributed by atoms with Gasteiger partial charge in [-0.15, -0.1) is 11.3 Å². The average Bonchev–Trinajstić information content (AvgIpc) is 2.99. The number of nitrogens with one attached hydrogen (secondary N) is 1. The second-order valence-corrected chi connectivity index (χ2v) is 9.63. The molecule has 0 radical (unpaired) electrons. The number of aromatic nitrogens is 2. The van der Waals surface area contributed by atoms with Crippen molar-refractivity contribution in [3.05, 3.63) is 50.6 Å². The normalized spacial score (nSPS) is 17.1. The summed E-state index contributed by atoms with van der Waals surface area (Å²) in [5.74, 6) is 6.72. The summed E-state index contributed by atoms with van der Waals surface area (Å²) in [4.78, 5) is 20.2. The van der Waals surface area contributed by atoms with E-state index in [0.717, 1.165) is 40.7 Å². The van der Waals surface area contributed by atoms with Gasteiger partial charge in [0.1, 0.15) is 4.83 Å². The minimum atomic E-state index is -0.0384. The molecule has 0 bridgehead atoms. The zero-order valence-corrected chi connectivity index (χ0v) is 17.1. The van der Waals surface area contributed by atoms with E-state index in [2.05, 4.69) is 26.2 Å². The molecule has 0 spiro atoms. The van der Waals surface area contributed by atoms with E-state index in [1.807, 2.05) is 31.2 Å². The van der Waals surface area contributed by atoms with E-state index < -0.39 is 0 Å². The molecule has 2 aromatic heterocycles. The number of anilines is 1. The van der Waals surface area contributed by atoms with Crippen LogP contribution in [0.1, 0.15) is 43.2 Å². The molecule has 0 fully saturated rings. The monoisotopic (exact) mass is 382 g/mol. The predicted molar refractivity (Wildman–Crippen MR) is 113 cm³/mol. The molecule has 6 heteroatoms. The van der Waals surface area contributed by atoms with Crippen molar-refractivity contribution >= 4 is 27.5 Å². The van der Waals surface area contributed by atoms with E-state index in [1.165, 1.54) is 10.4 Å². The molecule has 0 saturated carbocycles. The van der Waals surface area contributed by atoms with Gasteiger partial charge in [0.15, 0.2) is 0 Å². The van der Waals surface area contributed by atoms with E-state index in [-0.39, 0.29) is 11.0 Å². The molecular formula is C21H26N4OS. The fourth-order valence-electron chi connectivity index (χ4n) is 3.99. The predicted octanol–water partition coefficient (Wildman–Crippen LogP) is 4.19. The summed E-state index contributed by atoms with van der Waals surface area (Å²) in [7, 11) is 0. The fourth-order valence-corrected chi connectivity index (χ4v) is 5.28. The Balaban J connectivity index is 1.91. The third-order valence-electron chi connectivity index (χ3n) is 5.73. The van der Waals surface area contributed by atoms with Crippen molar-refractivity contribution < 1.29 is 0 Å². The molecule has 0 aliphatic heterocycles. The van der Waals surface area contributed by atoms with Gasteiger partial charge in [0, 0.05) is 4.88 Å². The summed E-state index contributed by atoms with van der Waals surface area (Å²) in [6.07, 6.45) is 3.08. The van der Waals surface area contributed by atoms with Gasteiger partial charge in [-0.05, 0) is 55.2 Å². The first-order valence-electron chi connectivity index (χ1n) is 9.40. The molecule has 0 saturated heterocycles. The number of thiophene rings is 1. The zero-order valence-electron chi connectivity index (χ0n) is 16.3. The Hall–Kier alpha value is -2.18. The van der Waals surface area contributed by atoms with Gasteiger partial charge in [-0.25, -0.2) is 15.4 Å². The van der Waals surface area contributed by atoms with Gasteiger partial charge < -0.3 is 0 Å². The lowest BCUT2D eigenvalue weighted by atomic mass is 9.72. The fraction of sp³-hybridized carbons (Fsp3) is 0.429. The molecule has 4 rings (SSSR count). The second kappa shape index (κ2) is 6.46. The standard InChI is InChI=1S/C21H26N4OS/c1-12-5-8-14(9-6-12)25-19(26)17-15-10-7-13(21(2,3)4)11-16(15)27-18(17)23-20(25)24-22/h5-6,8-9,13H,7,10-11,22H2,1-4H3,(H,23,24)/t13-/m1/s1. The highest BCUT2D eigenvalue weighted by Crippen LogP contribution is 2.42. The Labute approximate surface area is 163 Å². The van der Waals surface area contributed by atoms with Crippen LogP contribution in [0.15, 0.2) is 29.1 Å². The van der Waals surface area contributed by atoms with Gasteiger partial charge in [0.2, 0.25) is 5.95 Å². The van der Waals surface area contributed by atoms with E-state index in [0.29, 0.717) is 11.9 Å². The number of aryl methyl sites for hydroxylation is 2. The Kier molecular flexibility index (Phi) is 4.35. The molecule has 2 heterocycles. The third kappa shape index (κ3) is 3.07. The molecular weight excluding hydrogens is 356 g/mol. The summed E-state index contributed by atoms with van der Waals surface area (Å²) in [5, 5.41) is 0.766. The van der Waals surface area contributed by atoms with Gasteiger partial charge in [0.25, 0.3) is 5.56 Å². The number of hydrogen-bond acceptors (Lipinski definition) is 5. The smallest absolute Gasteiger partial charge is 0.268 e. The van der Waals surface area contributed by atoms with Crippen molar-refractivity contribution in [2.45, 2.75) is 47.0 Å². The van der Waals surface area contributed by atoms with Gasteiger partial charge in [0.05, 0.1) is 11.1 Å². The minimum absolute atomic E-state index is 0.0384. The van der Waals surface area contributed by atoms with Crippen LogP contribution in [0.5, 0.6) is 0 Å². The number of benzene rings is 1. The van der Waals surface area contributed by atoms with Crippen LogP contribution in [0.2, 0.25) is 0 Å². The lowest BCUT2D eigenvalue weighted by Gasteiger charge is -2.33. The summed E-state index contributed by atoms with van der Waals surface area (Å²) in [5.41, 5.74) is 5.96. The topological polar surface area (TPSA) is 72.9 Å². The average molecular weight is 383 g/mol. The Morgan fingerprint density at radius 3 is 2.59 bits per heavy atom. The number of nitrogens with two attached hydrogens (primary N) is 1. The summed E-state index contributed by atoms with van der Waals surface area (Å²) in [6, 6.07) is 7.84. The highest BCUT2D eigenvalue weighted by molar-refractivity contribution is 7.18.